The average Bonchev–Trinajstić information content (AvgIpc) is 2.74. The molecule has 0 saturated carbocycles. The highest BCUT2D eigenvalue weighted by Crippen LogP contribution is 2.27. The van der Waals surface area contributed by atoms with E-state index < -0.39 is 0 Å². The van der Waals surface area contributed by atoms with E-state index in [0.29, 0.717) is 18.7 Å². The first kappa shape index (κ1) is 18.2. The van der Waals surface area contributed by atoms with Gasteiger partial charge in [0.25, 0.3) is 5.91 Å². The topological polar surface area (TPSA) is 49.3 Å². The zero-order valence-corrected chi connectivity index (χ0v) is 16.3. The van der Waals surface area contributed by atoms with Crippen LogP contribution < -0.4 is 4.90 Å². The molecule has 5 heteroatoms. The van der Waals surface area contributed by atoms with Crippen molar-refractivity contribution in [1.82, 2.24) is 14.9 Å². The number of anilines is 1. The zero-order valence-electron chi connectivity index (χ0n) is 16.3. The van der Waals surface area contributed by atoms with Crippen molar-refractivity contribution in [3.05, 3.63) is 77.7 Å². The molecular formula is C23H24N4O. The quantitative estimate of drug-likeness (QED) is 0.703. The van der Waals surface area contributed by atoms with Gasteiger partial charge in [0, 0.05) is 38.6 Å². The first-order chi connectivity index (χ1) is 13.6. The number of hydrogen-bond acceptors (Lipinski definition) is 4. The van der Waals surface area contributed by atoms with E-state index in [1.807, 2.05) is 60.5 Å². The SMILES string of the molecule is Cc1cccnc1N1CCN(C(=O)c2c(-c3ccccc3)ccnc2C)CC1. The van der Waals surface area contributed by atoms with Crippen molar-refractivity contribution in [3.8, 4) is 11.1 Å². The van der Waals surface area contributed by atoms with Crippen molar-refractivity contribution >= 4 is 11.7 Å². The second-order valence-electron chi connectivity index (χ2n) is 7.11. The number of benzene rings is 1. The Morgan fingerprint density at radius 2 is 1.61 bits per heavy atom. The van der Waals surface area contributed by atoms with Crippen LogP contribution in [0.3, 0.4) is 0 Å². The maximum absolute atomic E-state index is 13.4. The first-order valence-electron chi connectivity index (χ1n) is 9.62. The molecule has 1 aromatic carbocycles. The van der Waals surface area contributed by atoms with E-state index in [1.165, 1.54) is 0 Å². The van der Waals surface area contributed by atoms with Gasteiger partial charge in [-0.15, -0.1) is 0 Å². The molecule has 2 aromatic heterocycles. The Bertz CT molecular complexity index is 979. The molecule has 1 fully saturated rings. The Morgan fingerprint density at radius 3 is 2.32 bits per heavy atom. The molecule has 142 valence electrons. The van der Waals surface area contributed by atoms with E-state index in [9.17, 15) is 4.79 Å². The van der Waals surface area contributed by atoms with Gasteiger partial charge in [-0.2, -0.15) is 0 Å². The smallest absolute Gasteiger partial charge is 0.256 e. The molecule has 1 saturated heterocycles. The number of carbonyl (C=O) groups excluding carboxylic acids is 1. The molecule has 4 rings (SSSR count). The predicted octanol–water partition coefficient (Wildman–Crippen LogP) is 3.72. The van der Waals surface area contributed by atoms with Gasteiger partial charge in [0.15, 0.2) is 0 Å². The fraction of sp³-hybridized carbons (Fsp3) is 0.261. The lowest BCUT2D eigenvalue weighted by molar-refractivity contribution is 0.0746. The number of amides is 1. The van der Waals surface area contributed by atoms with Crippen molar-refractivity contribution < 1.29 is 4.79 Å². The fourth-order valence-electron chi connectivity index (χ4n) is 3.78. The summed E-state index contributed by atoms with van der Waals surface area (Å²) in [6, 6.07) is 16.0. The van der Waals surface area contributed by atoms with Crippen LogP contribution in [0.25, 0.3) is 11.1 Å². The van der Waals surface area contributed by atoms with Crippen LogP contribution in [-0.4, -0.2) is 47.0 Å². The Morgan fingerprint density at radius 1 is 0.857 bits per heavy atom. The van der Waals surface area contributed by atoms with Crippen LogP contribution in [0.15, 0.2) is 60.9 Å². The molecule has 0 aliphatic carbocycles. The van der Waals surface area contributed by atoms with Crippen LogP contribution in [0, 0.1) is 13.8 Å². The van der Waals surface area contributed by atoms with Crippen LogP contribution in [0.1, 0.15) is 21.6 Å². The monoisotopic (exact) mass is 372 g/mol. The second-order valence-corrected chi connectivity index (χ2v) is 7.11. The summed E-state index contributed by atoms with van der Waals surface area (Å²) in [6.07, 6.45) is 3.60. The highest BCUT2D eigenvalue weighted by atomic mass is 16.2. The van der Waals surface area contributed by atoms with Crippen LogP contribution in [0.5, 0.6) is 0 Å². The van der Waals surface area contributed by atoms with E-state index >= 15 is 0 Å². The summed E-state index contributed by atoms with van der Waals surface area (Å²) < 4.78 is 0. The van der Waals surface area contributed by atoms with E-state index in [4.69, 9.17) is 0 Å². The van der Waals surface area contributed by atoms with Gasteiger partial charge < -0.3 is 9.80 Å². The van der Waals surface area contributed by atoms with Crippen molar-refractivity contribution in [2.75, 3.05) is 31.1 Å². The Hall–Kier alpha value is -3.21. The molecule has 5 nitrogen and oxygen atoms in total. The molecular weight excluding hydrogens is 348 g/mol. The number of rotatable bonds is 3. The van der Waals surface area contributed by atoms with Crippen molar-refractivity contribution in [2.45, 2.75) is 13.8 Å². The third kappa shape index (κ3) is 3.48. The molecule has 0 N–H and O–H groups in total. The second kappa shape index (κ2) is 7.80. The normalized spacial score (nSPS) is 14.2. The maximum Gasteiger partial charge on any atom is 0.256 e. The van der Waals surface area contributed by atoms with E-state index in [2.05, 4.69) is 27.9 Å². The summed E-state index contributed by atoms with van der Waals surface area (Å²) >= 11 is 0. The largest absolute Gasteiger partial charge is 0.353 e. The molecule has 0 spiro atoms. The number of aryl methyl sites for hydroxylation is 2. The lowest BCUT2D eigenvalue weighted by atomic mass is 9.98. The van der Waals surface area contributed by atoms with E-state index in [0.717, 1.165) is 41.3 Å². The number of hydrogen-bond donors (Lipinski definition) is 0. The van der Waals surface area contributed by atoms with Gasteiger partial charge >= 0.3 is 0 Å². The molecule has 1 amide bonds. The number of aromatic nitrogens is 2. The van der Waals surface area contributed by atoms with Crippen LogP contribution in [0.4, 0.5) is 5.82 Å². The Kier molecular flexibility index (Phi) is 5.06. The van der Waals surface area contributed by atoms with Gasteiger partial charge in [-0.1, -0.05) is 36.4 Å². The van der Waals surface area contributed by atoms with E-state index in [1.54, 1.807) is 6.20 Å². The van der Waals surface area contributed by atoms with Gasteiger partial charge in [-0.25, -0.2) is 4.98 Å². The summed E-state index contributed by atoms with van der Waals surface area (Å²) in [7, 11) is 0. The molecule has 1 aliphatic heterocycles. The highest BCUT2D eigenvalue weighted by Gasteiger charge is 2.26. The number of piperazine rings is 1. The molecule has 0 radical (unpaired) electrons. The van der Waals surface area contributed by atoms with Crippen molar-refractivity contribution in [3.63, 3.8) is 0 Å². The Balaban J connectivity index is 1.56. The van der Waals surface area contributed by atoms with Crippen molar-refractivity contribution in [2.24, 2.45) is 0 Å². The average molecular weight is 372 g/mol. The zero-order chi connectivity index (χ0) is 19.5. The number of nitrogens with zero attached hydrogens (tertiary/aromatic N) is 4. The lowest BCUT2D eigenvalue weighted by Gasteiger charge is -2.36. The summed E-state index contributed by atoms with van der Waals surface area (Å²) in [5.74, 6) is 1.07. The number of carbonyl (C=O) groups is 1. The van der Waals surface area contributed by atoms with Gasteiger partial charge in [-0.05, 0) is 42.7 Å². The molecule has 1 aliphatic rings. The molecule has 3 heterocycles. The standard InChI is InChI=1S/C23H24N4O/c1-17-7-6-11-25-22(17)26-13-15-27(16-14-26)23(28)21-18(2)24-12-10-20(21)19-8-4-3-5-9-19/h3-12H,13-16H2,1-2H3. The van der Waals surface area contributed by atoms with Gasteiger partial charge in [0.1, 0.15) is 5.82 Å². The summed E-state index contributed by atoms with van der Waals surface area (Å²) in [5.41, 5.74) is 4.63. The van der Waals surface area contributed by atoms with Gasteiger partial charge in [0.2, 0.25) is 0 Å². The van der Waals surface area contributed by atoms with Crippen LogP contribution >= 0.6 is 0 Å². The predicted molar refractivity (Wildman–Crippen MR) is 112 cm³/mol. The van der Waals surface area contributed by atoms with Crippen LogP contribution in [0.2, 0.25) is 0 Å². The summed E-state index contributed by atoms with van der Waals surface area (Å²) in [5, 5.41) is 0. The molecule has 28 heavy (non-hydrogen) atoms. The molecule has 3 aromatic rings. The third-order valence-corrected chi connectivity index (χ3v) is 5.29. The van der Waals surface area contributed by atoms with Gasteiger partial charge in [0.05, 0.1) is 11.3 Å². The minimum absolute atomic E-state index is 0.0573. The summed E-state index contributed by atoms with van der Waals surface area (Å²) in [4.78, 5) is 26.5. The van der Waals surface area contributed by atoms with Gasteiger partial charge in [-0.3, -0.25) is 9.78 Å². The lowest BCUT2D eigenvalue weighted by Crippen LogP contribution is -2.49. The minimum atomic E-state index is 0.0573. The molecule has 0 atom stereocenters. The first-order valence-corrected chi connectivity index (χ1v) is 9.62. The maximum atomic E-state index is 13.4. The van der Waals surface area contributed by atoms with Crippen LogP contribution in [-0.2, 0) is 0 Å². The van der Waals surface area contributed by atoms with E-state index in [-0.39, 0.29) is 5.91 Å². The summed E-state index contributed by atoms with van der Waals surface area (Å²) in [6.45, 7) is 6.90. The molecule has 0 bridgehead atoms. The minimum Gasteiger partial charge on any atom is -0.353 e. The number of pyridine rings is 2. The highest BCUT2D eigenvalue weighted by molar-refractivity contribution is 6.02. The molecule has 0 unspecified atom stereocenters. The van der Waals surface area contributed by atoms with Crippen molar-refractivity contribution in [1.29, 1.82) is 0 Å². The third-order valence-electron chi connectivity index (χ3n) is 5.29. The fourth-order valence-corrected chi connectivity index (χ4v) is 3.78. The Labute approximate surface area is 165 Å².